The van der Waals surface area contributed by atoms with E-state index in [1.165, 1.54) is 173 Å². The summed E-state index contributed by atoms with van der Waals surface area (Å²) in [6.07, 6.45) is 108. The van der Waals surface area contributed by atoms with Gasteiger partial charge in [-0.3, -0.25) is 14.2 Å². The van der Waals surface area contributed by atoms with E-state index in [0.29, 0.717) is 17.4 Å². The van der Waals surface area contributed by atoms with Gasteiger partial charge in [-0.2, -0.15) is 0 Å². The second kappa shape index (κ2) is 73.1. The van der Waals surface area contributed by atoms with Crippen LogP contribution in [0.2, 0.25) is 0 Å². The highest BCUT2D eigenvalue weighted by Crippen LogP contribution is 2.38. The summed E-state index contributed by atoms with van der Waals surface area (Å²) >= 11 is 0. The highest BCUT2D eigenvalue weighted by Gasteiger charge is 2.22. The molecule has 2 atom stereocenters. The Morgan fingerprint density at radius 1 is 0.340 bits per heavy atom. The number of likely N-dealkylation sites (N-methyl/N-ethyl adjacent to an activating group) is 1. The first-order valence-corrected chi connectivity index (χ1v) is 40.0. The molecule has 0 saturated heterocycles. The summed E-state index contributed by atoms with van der Waals surface area (Å²) in [5.41, 5.74) is 0. The van der Waals surface area contributed by atoms with Gasteiger partial charge in [-0.25, -0.2) is 0 Å². The number of unbranched alkanes of at least 4 members (excludes halogenated alkanes) is 32. The molecule has 0 aliphatic rings. The molecule has 538 valence electrons. The van der Waals surface area contributed by atoms with Crippen molar-refractivity contribution in [3.05, 3.63) is 146 Å². The average molecular weight is 1330 g/mol. The van der Waals surface area contributed by atoms with Gasteiger partial charge in [0.15, 0.2) is 6.10 Å². The van der Waals surface area contributed by atoms with Crippen LogP contribution in [0.3, 0.4) is 0 Å². The van der Waals surface area contributed by atoms with Crippen LogP contribution < -0.4 is 4.89 Å². The molecule has 0 radical (unpaired) electrons. The van der Waals surface area contributed by atoms with E-state index < -0.39 is 26.5 Å². The second-order valence-electron chi connectivity index (χ2n) is 26.6. The minimum atomic E-state index is -4.66. The highest BCUT2D eigenvalue weighted by atomic mass is 31.2. The maximum absolute atomic E-state index is 12.9. The van der Waals surface area contributed by atoms with Crippen molar-refractivity contribution in [3.8, 4) is 0 Å². The molecule has 0 aromatic rings. The number of allylic oxidation sites excluding steroid dienone is 24. The zero-order valence-corrected chi connectivity index (χ0v) is 62.3. The number of phosphoric acid groups is 1. The number of hydrogen-bond donors (Lipinski definition) is 0. The molecule has 0 heterocycles. The molecule has 0 fully saturated rings. The van der Waals surface area contributed by atoms with Crippen molar-refractivity contribution in [3.63, 3.8) is 0 Å². The van der Waals surface area contributed by atoms with Crippen molar-refractivity contribution in [2.24, 2.45) is 0 Å². The van der Waals surface area contributed by atoms with Gasteiger partial charge in [-0.15, -0.1) is 0 Å². The molecule has 10 heteroatoms. The topological polar surface area (TPSA) is 111 Å². The smallest absolute Gasteiger partial charge is 0.306 e. The maximum atomic E-state index is 12.9. The van der Waals surface area contributed by atoms with E-state index in [2.05, 4.69) is 160 Å². The van der Waals surface area contributed by atoms with Crippen LogP contribution in [0, 0.1) is 0 Å². The number of carbonyl (C=O) groups is 2. The Kier molecular flexibility index (Phi) is 69.9. The van der Waals surface area contributed by atoms with Crippen LogP contribution in [0.15, 0.2) is 146 Å². The molecular weight excluding hydrogens is 1180 g/mol. The number of quaternary nitrogens is 1. The van der Waals surface area contributed by atoms with Crippen molar-refractivity contribution in [2.75, 3.05) is 47.5 Å². The number of phosphoric ester groups is 1. The molecule has 0 spiro atoms. The SMILES string of the molecule is CC/C=C\C/C=C\C/C=C\C/C=C\C/C=C\C/C=C\C/C=C\C/C=C\C/C=C\CCCCCCCCCCCC(=O)OC(COC(=O)CCCCCCCCCCCCCCCCCCCC/C=C\C/C=C\C/C=C\CCCCCCC)COP(=O)([O-])OCC[N+](C)(C)C. The third-order valence-electron chi connectivity index (χ3n) is 16.3. The lowest BCUT2D eigenvalue weighted by atomic mass is 10.0. The summed E-state index contributed by atoms with van der Waals surface area (Å²) in [6.45, 7) is 4.12. The van der Waals surface area contributed by atoms with E-state index in [-0.39, 0.29) is 32.0 Å². The van der Waals surface area contributed by atoms with Crippen molar-refractivity contribution < 1.29 is 42.1 Å². The molecule has 0 aliphatic heterocycles. The van der Waals surface area contributed by atoms with Gasteiger partial charge in [0.05, 0.1) is 27.7 Å². The fourth-order valence-electron chi connectivity index (χ4n) is 10.5. The van der Waals surface area contributed by atoms with Crippen LogP contribution in [0.25, 0.3) is 0 Å². The number of hydrogen-bond acceptors (Lipinski definition) is 8. The van der Waals surface area contributed by atoms with Gasteiger partial charge in [-0.05, 0) is 122 Å². The fourth-order valence-corrected chi connectivity index (χ4v) is 11.2. The van der Waals surface area contributed by atoms with Gasteiger partial charge < -0.3 is 27.9 Å². The summed E-state index contributed by atoms with van der Waals surface area (Å²) in [6, 6.07) is 0. The number of ether oxygens (including phenoxy) is 2. The predicted octanol–water partition coefficient (Wildman–Crippen LogP) is 25.1. The molecule has 94 heavy (non-hydrogen) atoms. The highest BCUT2D eigenvalue weighted by molar-refractivity contribution is 7.45. The van der Waals surface area contributed by atoms with E-state index in [0.717, 1.165) is 116 Å². The first-order chi connectivity index (χ1) is 46.0. The lowest BCUT2D eigenvalue weighted by Crippen LogP contribution is -2.37. The third kappa shape index (κ3) is 76.9. The van der Waals surface area contributed by atoms with E-state index in [1.807, 2.05) is 21.1 Å². The van der Waals surface area contributed by atoms with Crippen LogP contribution in [0.1, 0.15) is 322 Å². The largest absolute Gasteiger partial charge is 0.756 e. The molecule has 2 unspecified atom stereocenters. The second-order valence-corrected chi connectivity index (χ2v) is 28.0. The van der Waals surface area contributed by atoms with Crippen LogP contribution in [-0.4, -0.2) is 70.0 Å². The lowest BCUT2D eigenvalue weighted by molar-refractivity contribution is -0.870. The van der Waals surface area contributed by atoms with E-state index in [4.69, 9.17) is 18.5 Å². The normalized spacial score (nSPS) is 13.9. The van der Waals surface area contributed by atoms with Gasteiger partial charge in [0.25, 0.3) is 7.82 Å². The van der Waals surface area contributed by atoms with Crippen molar-refractivity contribution in [2.45, 2.75) is 328 Å². The van der Waals surface area contributed by atoms with E-state index in [1.54, 1.807) is 0 Å². The summed E-state index contributed by atoms with van der Waals surface area (Å²) in [4.78, 5) is 38.2. The Balaban J connectivity index is 4.06. The minimum absolute atomic E-state index is 0.0376. The van der Waals surface area contributed by atoms with Crippen molar-refractivity contribution in [1.82, 2.24) is 0 Å². The van der Waals surface area contributed by atoms with Gasteiger partial charge in [0.1, 0.15) is 19.8 Å². The number of esters is 2. The first-order valence-electron chi connectivity index (χ1n) is 38.5. The average Bonchev–Trinajstić information content (AvgIpc) is 1.56. The summed E-state index contributed by atoms with van der Waals surface area (Å²) in [7, 11) is 1.15. The molecule has 0 aliphatic carbocycles. The van der Waals surface area contributed by atoms with Crippen molar-refractivity contribution in [1.29, 1.82) is 0 Å². The number of carbonyl (C=O) groups excluding carboxylic acids is 2. The molecule has 0 N–H and O–H groups in total. The molecule has 0 bridgehead atoms. The minimum Gasteiger partial charge on any atom is -0.756 e. The van der Waals surface area contributed by atoms with Gasteiger partial charge in [0.2, 0.25) is 0 Å². The van der Waals surface area contributed by atoms with Gasteiger partial charge in [0, 0.05) is 12.8 Å². The summed E-state index contributed by atoms with van der Waals surface area (Å²) in [5.74, 6) is -0.838. The maximum Gasteiger partial charge on any atom is 0.306 e. The standard InChI is InChI=1S/C84H144NO8P/c1-6-8-10-12-14-16-18-20-22-24-26-28-30-32-34-36-38-40-41-42-43-45-47-49-51-53-55-57-59-61-63-65-67-69-71-73-75-77-84(87)93-82(81-92-94(88,89)91-79-78-85(3,4)5)80-90-83(86)76-74-72-70-68-66-64-62-60-58-56-54-52-50-48-46-44-39-37-35-33-31-29-27-25-23-21-19-17-15-13-11-9-7-2/h8,10,14,16,19-22,25-28,31-34,38,40,42-43,47,49,53,55,82H,6-7,9,11-13,15,17-18,23-24,29-30,35-37,39,41,44-46,48,50-52,54,56-81H2,1-5H3/b10-8-,16-14-,21-19-,22-20-,27-25-,28-26-,33-31-,34-32-,40-38-,43-42-,49-47-,55-53-. The Labute approximate surface area is 580 Å². The molecule has 9 nitrogen and oxygen atoms in total. The van der Waals surface area contributed by atoms with Crippen molar-refractivity contribution >= 4 is 19.8 Å². The van der Waals surface area contributed by atoms with Crippen LogP contribution in [-0.2, 0) is 32.7 Å². The summed E-state index contributed by atoms with van der Waals surface area (Å²) in [5, 5.41) is 0. The quantitative estimate of drug-likeness (QED) is 0.0195. The zero-order valence-electron chi connectivity index (χ0n) is 61.4. The summed E-state index contributed by atoms with van der Waals surface area (Å²) < 4.78 is 34.4. The van der Waals surface area contributed by atoms with Crippen LogP contribution in [0.4, 0.5) is 0 Å². The molecular formula is C84H144NO8P. The molecule has 0 amide bonds. The van der Waals surface area contributed by atoms with E-state index >= 15 is 0 Å². The number of nitrogens with zero attached hydrogens (tertiary/aromatic N) is 1. The third-order valence-corrected chi connectivity index (χ3v) is 17.3. The first kappa shape index (κ1) is 89.9. The molecule has 0 aromatic carbocycles. The number of rotatable bonds is 70. The Morgan fingerprint density at radius 2 is 0.606 bits per heavy atom. The molecule has 0 saturated carbocycles. The zero-order chi connectivity index (χ0) is 68.3. The lowest BCUT2D eigenvalue weighted by Gasteiger charge is -2.28. The Morgan fingerprint density at radius 3 is 0.904 bits per heavy atom. The van der Waals surface area contributed by atoms with Crippen LogP contribution in [0.5, 0.6) is 0 Å². The van der Waals surface area contributed by atoms with E-state index in [9.17, 15) is 19.0 Å². The van der Waals surface area contributed by atoms with Gasteiger partial charge >= 0.3 is 11.9 Å². The van der Waals surface area contributed by atoms with Crippen LogP contribution >= 0.6 is 7.82 Å². The predicted molar refractivity (Wildman–Crippen MR) is 406 cm³/mol. The Bertz CT molecular complexity index is 2100. The monoisotopic (exact) mass is 1330 g/mol. The Hall–Kier alpha value is -4.11. The fraction of sp³-hybridized carbons (Fsp3) is 0.690. The molecule has 0 aromatic heterocycles. The van der Waals surface area contributed by atoms with Gasteiger partial charge in [-0.1, -0.05) is 333 Å². The molecule has 0 rings (SSSR count).